The number of nitrogens with one attached hydrogen (secondary N) is 1. The van der Waals surface area contributed by atoms with Crippen LogP contribution < -0.4 is 10.2 Å². The number of hydrazone groups is 1. The number of halogens is 1. The maximum atomic E-state index is 12.3. The van der Waals surface area contributed by atoms with E-state index in [0.717, 1.165) is 17.0 Å². The highest BCUT2D eigenvalue weighted by molar-refractivity contribution is 9.10. The van der Waals surface area contributed by atoms with Crippen LogP contribution in [0.4, 0.5) is 0 Å². The third-order valence-electron chi connectivity index (χ3n) is 3.58. The van der Waals surface area contributed by atoms with Gasteiger partial charge in [-0.1, -0.05) is 30.3 Å². The molecule has 1 heterocycles. The van der Waals surface area contributed by atoms with Crippen LogP contribution in [-0.4, -0.2) is 21.9 Å². The number of para-hydroxylation sites is 1. The van der Waals surface area contributed by atoms with Crippen LogP contribution in [0.25, 0.3) is 0 Å². The zero-order chi connectivity index (χ0) is 18.5. The first-order chi connectivity index (χ1) is 12.5. The predicted octanol–water partition coefficient (Wildman–Crippen LogP) is 4.05. The van der Waals surface area contributed by atoms with Gasteiger partial charge in [-0.3, -0.25) is 9.48 Å². The van der Waals surface area contributed by atoms with Crippen LogP contribution in [0.1, 0.15) is 21.7 Å². The van der Waals surface area contributed by atoms with Crippen molar-refractivity contribution in [3.05, 3.63) is 76.0 Å². The third kappa shape index (κ3) is 4.18. The summed E-state index contributed by atoms with van der Waals surface area (Å²) in [6.07, 6.45) is 1.56. The first-order valence-corrected chi connectivity index (χ1v) is 8.69. The fraction of sp³-hybridized carbons (Fsp3) is 0.105. The molecule has 0 saturated carbocycles. The molecule has 0 fully saturated rings. The van der Waals surface area contributed by atoms with Crippen molar-refractivity contribution in [1.29, 1.82) is 0 Å². The summed E-state index contributed by atoms with van der Waals surface area (Å²) in [5, 5.41) is 8.21. The van der Waals surface area contributed by atoms with Crippen LogP contribution in [0, 0.1) is 6.92 Å². The van der Waals surface area contributed by atoms with E-state index in [-0.39, 0.29) is 5.91 Å². The highest BCUT2D eigenvalue weighted by Gasteiger charge is 2.17. The minimum absolute atomic E-state index is 0.340. The molecule has 0 spiro atoms. The molecule has 6 nitrogen and oxygen atoms in total. The lowest BCUT2D eigenvalue weighted by atomic mass is 10.2. The van der Waals surface area contributed by atoms with Crippen LogP contribution >= 0.6 is 15.9 Å². The number of amides is 1. The van der Waals surface area contributed by atoms with E-state index in [1.54, 1.807) is 13.3 Å². The molecule has 0 aliphatic heterocycles. The van der Waals surface area contributed by atoms with E-state index in [1.807, 2.05) is 61.5 Å². The number of aryl methyl sites for hydroxylation is 2. The molecule has 26 heavy (non-hydrogen) atoms. The Morgan fingerprint density at radius 3 is 2.62 bits per heavy atom. The molecule has 0 saturated heterocycles. The van der Waals surface area contributed by atoms with E-state index >= 15 is 0 Å². The molecule has 2 aromatic carbocycles. The zero-order valence-corrected chi connectivity index (χ0v) is 15.9. The molecule has 3 rings (SSSR count). The van der Waals surface area contributed by atoms with E-state index in [4.69, 9.17) is 4.74 Å². The Morgan fingerprint density at radius 1 is 1.19 bits per heavy atom. The van der Waals surface area contributed by atoms with Crippen molar-refractivity contribution in [2.75, 3.05) is 0 Å². The quantitative estimate of drug-likeness (QED) is 0.507. The molecule has 0 radical (unpaired) electrons. The average molecular weight is 413 g/mol. The fourth-order valence-corrected chi connectivity index (χ4v) is 2.90. The molecule has 0 unspecified atom stereocenters. The van der Waals surface area contributed by atoms with Crippen molar-refractivity contribution in [3.63, 3.8) is 0 Å². The molecule has 1 aromatic heterocycles. The van der Waals surface area contributed by atoms with Gasteiger partial charge in [0, 0.05) is 7.05 Å². The van der Waals surface area contributed by atoms with Gasteiger partial charge >= 0.3 is 0 Å². The Kier molecular flexibility index (Phi) is 5.48. The number of hydrogen-bond donors (Lipinski definition) is 1. The van der Waals surface area contributed by atoms with Gasteiger partial charge in [-0.05, 0) is 52.7 Å². The van der Waals surface area contributed by atoms with Crippen LogP contribution in [0.15, 0.2) is 64.2 Å². The lowest BCUT2D eigenvalue weighted by Gasteiger charge is -2.05. The first-order valence-electron chi connectivity index (χ1n) is 7.90. The van der Waals surface area contributed by atoms with Gasteiger partial charge in [0.15, 0.2) is 0 Å². The Hall–Kier alpha value is -2.93. The summed E-state index contributed by atoms with van der Waals surface area (Å²) in [5.41, 5.74) is 4.48. The molecule has 3 aromatic rings. The Bertz CT molecular complexity index is 951. The molecule has 0 aliphatic rings. The van der Waals surface area contributed by atoms with Crippen LogP contribution in [-0.2, 0) is 7.05 Å². The molecule has 0 bridgehead atoms. The van der Waals surface area contributed by atoms with E-state index in [9.17, 15) is 4.79 Å². The summed E-state index contributed by atoms with van der Waals surface area (Å²) in [6.45, 7) is 1.82. The first kappa shape index (κ1) is 17.9. The standard InChI is InChI=1S/C19H17BrN4O2/c1-13-17(20)18(24(2)23-13)19(25)22-21-12-14-7-6-10-16(11-14)26-15-8-4-3-5-9-15/h3-12H,1-2H3,(H,22,25). The number of carbonyl (C=O) groups excluding carboxylic acids is 1. The molecule has 0 aliphatic carbocycles. The Labute approximate surface area is 159 Å². The number of hydrogen-bond acceptors (Lipinski definition) is 4. The Balaban J connectivity index is 1.67. The van der Waals surface area contributed by atoms with Gasteiger partial charge in [-0.2, -0.15) is 10.2 Å². The van der Waals surface area contributed by atoms with Gasteiger partial charge in [-0.25, -0.2) is 5.43 Å². The van der Waals surface area contributed by atoms with E-state index in [0.29, 0.717) is 15.9 Å². The van der Waals surface area contributed by atoms with Crippen LogP contribution in [0.3, 0.4) is 0 Å². The molecular formula is C19H17BrN4O2. The second-order valence-corrected chi connectivity index (χ2v) is 6.35. The van der Waals surface area contributed by atoms with E-state index in [2.05, 4.69) is 31.6 Å². The second-order valence-electron chi connectivity index (χ2n) is 5.56. The zero-order valence-electron chi connectivity index (χ0n) is 14.3. The minimum atomic E-state index is -0.340. The number of benzene rings is 2. The molecule has 132 valence electrons. The summed E-state index contributed by atoms with van der Waals surface area (Å²) in [4.78, 5) is 12.3. The molecule has 0 atom stereocenters. The fourth-order valence-electron chi connectivity index (χ4n) is 2.38. The average Bonchev–Trinajstić information content (AvgIpc) is 2.88. The largest absolute Gasteiger partial charge is 0.457 e. The number of aromatic nitrogens is 2. The van der Waals surface area contributed by atoms with E-state index in [1.165, 1.54) is 4.68 Å². The molecular weight excluding hydrogens is 396 g/mol. The topological polar surface area (TPSA) is 68.5 Å². The monoisotopic (exact) mass is 412 g/mol. The molecule has 1 amide bonds. The summed E-state index contributed by atoms with van der Waals surface area (Å²) < 4.78 is 7.95. The third-order valence-corrected chi connectivity index (χ3v) is 4.53. The lowest BCUT2D eigenvalue weighted by molar-refractivity contribution is 0.0945. The van der Waals surface area contributed by atoms with Crippen molar-refractivity contribution < 1.29 is 9.53 Å². The smallest absolute Gasteiger partial charge is 0.290 e. The van der Waals surface area contributed by atoms with Gasteiger partial charge in [0.05, 0.1) is 16.4 Å². The minimum Gasteiger partial charge on any atom is -0.457 e. The van der Waals surface area contributed by atoms with Gasteiger partial charge in [0.2, 0.25) is 0 Å². The van der Waals surface area contributed by atoms with Crippen molar-refractivity contribution in [2.24, 2.45) is 12.1 Å². The number of ether oxygens (including phenoxy) is 1. The van der Waals surface area contributed by atoms with Crippen molar-refractivity contribution in [3.8, 4) is 11.5 Å². The number of carbonyl (C=O) groups is 1. The van der Waals surface area contributed by atoms with Gasteiger partial charge in [0.25, 0.3) is 5.91 Å². The summed E-state index contributed by atoms with van der Waals surface area (Å²) in [7, 11) is 1.71. The highest BCUT2D eigenvalue weighted by Crippen LogP contribution is 2.21. The van der Waals surface area contributed by atoms with Gasteiger partial charge in [0.1, 0.15) is 17.2 Å². The maximum absolute atomic E-state index is 12.3. The van der Waals surface area contributed by atoms with Gasteiger partial charge < -0.3 is 4.74 Å². The second kappa shape index (κ2) is 7.97. The highest BCUT2D eigenvalue weighted by atomic mass is 79.9. The van der Waals surface area contributed by atoms with E-state index < -0.39 is 0 Å². The Morgan fingerprint density at radius 2 is 1.92 bits per heavy atom. The predicted molar refractivity (Wildman–Crippen MR) is 104 cm³/mol. The van der Waals surface area contributed by atoms with Crippen molar-refractivity contribution in [2.45, 2.75) is 6.92 Å². The maximum Gasteiger partial charge on any atom is 0.290 e. The summed E-state index contributed by atoms with van der Waals surface area (Å²) in [5.74, 6) is 1.11. The SMILES string of the molecule is Cc1nn(C)c(C(=O)NN=Cc2cccc(Oc3ccccc3)c2)c1Br. The number of rotatable bonds is 5. The molecule has 7 heteroatoms. The van der Waals surface area contributed by atoms with Gasteiger partial charge in [-0.15, -0.1) is 0 Å². The summed E-state index contributed by atoms with van der Waals surface area (Å²) in [6, 6.07) is 17.0. The van der Waals surface area contributed by atoms with Crippen LogP contribution in [0.5, 0.6) is 11.5 Å². The normalized spacial score (nSPS) is 10.9. The number of nitrogens with zero attached hydrogens (tertiary/aromatic N) is 3. The van der Waals surface area contributed by atoms with Crippen molar-refractivity contribution >= 4 is 28.1 Å². The summed E-state index contributed by atoms with van der Waals surface area (Å²) >= 11 is 3.37. The lowest BCUT2D eigenvalue weighted by Crippen LogP contribution is -2.21. The van der Waals surface area contributed by atoms with Crippen molar-refractivity contribution in [1.82, 2.24) is 15.2 Å². The van der Waals surface area contributed by atoms with Crippen LogP contribution in [0.2, 0.25) is 0 Å². The molecule has 1 N–H and O–H groups in total.